The van der Waals surface area contributed by atoms with Crippen LogP contribution in [0.3, 0.4) is 0 Å². The molecule has 0 heterocycles. The first-order chi connectivity index (χ1) is 15.3. The monoisotopic (exact) mass is 448 g/mol. The Morgan fingerprint density at radius 3 is 1.55 bits per heavy atom. The largest absolute Gasteiger partial charge is 0.391 e. The van der Waals surface area contributed by atoms with Crippen LogP contribution in [0.2, 0.25) is 6.04 Å². The summed E-state index contributed by atoms with van der Waals surface area (Å²) in [6.45, 7) is 8.29. The zero-order valence-corrected chi connectivity index (χ0v) is 22.1. The van der Waals surface area contributed by atoms with Gasteiger partial charge < -0.3 is 8.85 Å². The highest BCUT2D eigenvalue weighted by Crippen LogP contribution is 2.21. The Balaban J connectivity index is 2.43. The maximum Gasteiger partial charge on any atom is 0.372 e. The topological polar surface area (TPSA) is 18.5 Å². The molecule has 3 heteroatoms. The second-order valence-corrected chi connectivity index (χ2v) is 12.3. The lowest BCUT2D eigenvalue weighted by molar-refractivity contribution is 0.182. The van der Waals surface area contributed by atoms with Crippen molar-refractivity contribution in [2.45, 2.75) is 130 Å². The molecule has 1 unspecified atom stereocenters. The van der Waals surface area contributed by atoms with Crippen molar-refractivity contribution < 1.29 is 8.85 Å². The molecule has 0 saturated carbocycles. The molecule has 0 aliphatic heterocycles. The minimum atomic E-state index is -2.34. The van der Waals surface area contributed by atoms with Crippen LogP contribution in [0.15, 0.2) is 30.3 Å². The fourth-order valence-electron chi connectivity index (χ4n) is 4.39. The molecule has 1 aromatic rings. The van der Waals surface area contributed by atoms with Crippen molar-refractivity contribution in [2.24, 2.45) is 0 Å². The Kier molecular flexibility index (Phi) is 18.3. The number of rotatable bonds is 22. The minimum Gasteiger partial charge on any atom is -0.391 e. The fourth-order valence-corrected chi connectivity index (χ4v) is 7.74. The van der Waals surface area contributed by atoms with E-state index in [0.717, 1.165) is 19.3 Å². The fraction of sp³-hybridized carbons (Fsp3) is 0.786. The third-order valence-corrected chi connectivity index (χ3v) is 9.93. The molecular weight excluding hydrogens is 396 g/mol. The van der Waals surface area contributed by atoms with Gasteiger partial charge in [-0.2, -0.15) is 0 Å². The molecule has 0 spiro atoms. The molecule has 0 bridgehead atoms. The van der Waals surface area contributed by atoms with Gasteiger partial charge >= 0.3 is 8.56 Å². The molecule has 2 nitrogen and oxygen atoms in total. The lowest BCUT2D eigenvalue weighted by atomic mass is 10.1. The van der Waals surface area contributed by atoms with Gasteiger partial charge in [-0.1, -0.05) is 140 Å². The van der Waals surface area contributed by atoms with E-state index in [2.05, 4.69) is 51.1 Å². The predicted molar refractivity (Wildman–Crippen MR) is 139 cm³/mol. The van der Waals surface area contributed by atoms with E-state index in [0.29, 0.717) is 0 Å². The van der Waals surface area contributed by atoms with Crippen LogP contribution in [0.1, 0.15) is 124 Å². The first-order valence-electron chi connectivity index (χ1n) is 13.6. The lowest BCUT2D eigenvalue weighted by Crippen LogP contribution is -2.54. The molecule has 1 rings (SSSR count). The summed E-state index contributed by atoms with van der Waals surface area (Å²) >= 11 is 0. The summed E-state index contributed by atoms with van der Waals surface area (Å²) < 4.78 is 13.1. The summed E-state index contributed by atoms with van der Waals surface area (Å²) in [7, 11) is -2.34. The van der Waals surface area contributed by atoms with Gasteiger partial charge in [-0.05, 0) is 24.6 Å². The van der Waals surface area contributed by atoms with E-state index in [4.69, 9.17) is 8.85 Å². The molecule has 0 fully saturated rings. The van der Waals surface area contributed by atoms with Gasteiger partial charge in [0, 0.05) is 13.2 Å². The highest BCUT2D eigenvalue weighted by molar-refractivity contribution is 6.81. The molecule has 0 aliphatic carbocycles. The van der Waals surface area contributed by atoms with E-state index in [-0.39, 0.29) is 0 Å². The van der Waals surface area contributed by atoms with Gasteiger partial charge in [-0.3, -0.25) is 0 Å². The van der Waals surface area contributed by atoms with E-state index in [1.807, 2.05) is 0 Å². The van der Waals surface area contributed by atoms with Gasteiger partial charge in [0.15, 0.2) is 0 Å². The lowest BCUT2D eigenvalue weighted by Gasteiger charge is -2.31. The van der Waals surface area contributed by atoms with Crippen LogP contribution in [-0.2, 0) is 8.85 Å². The van der Waals surface area contributed by atoms with Crippen LogP contribution in [0.5, 0.6) is 0 Å². The van der Waals surface area contributed by atoms with Gasteiger partial charge in [0.25, 0.3) is 0 Å². The van der Waals surface area contributed by atoms with Crippen molar-refractivity contribution >= 4 is 13.7 Å². The van der Waals surface area contributed by atoms with Crippen LogP contribution in [0, 0.1) is 0 Å². The van der Waals surface area contributed by atoms with Crippen molar-refractivity contribution in [1.29, 1.82) is 0 Å². The Morgan fingerprint density at radius 1 is 0.548 bits per heavy atom. The molecule has 0 aromatic heterocycles. The maximum atomic E-state index is 6.68. The Labute approximate surface area is 195 Å². The van der Waals surface area contributed by atoms with Gasteiger partial charge in [-0.15, -0.1) is 0 Å². The number of benzene rings is 1. The summed E-state index contributed by atoms with van der Waals surface area (Å²) in [5, 5.41) is 1.32. The first kappa shape index (κ1) is 28.4. The Bertz CT molecular complexity index is 493. The Morgan fingerprint density at radius 2 is 1.03 bits per heavy atom. The zero-order chi connectivity index (χ0) is 22.5. The normalized spacial score (nSPS) is 13.4. The molecule has 1 atom stereocenters. The summed E-state index contributed by atoms with van der Waals surface area (Å²) in [4.78, 5) is 0. The molecule has 0 amide bonds. The van der Waals surface area contributed by atoms with Crippen molar-refractivity contribution in [3.05, 3.63) is 30.3 Å². The van der Waals surface area contributed by atoms with Crippen LogP contribution < -0.4 is 5.19 Å². The molecule has 0 N–H and O–H groups in total. The standard InChI is InChI=1S/C28H52O2Si/c1-4-7-9-11-13-14-15-17-22-26-30-31(29-6-3,28-24-20-19-21-25-28)27-23-18-16-12-10-8-5-2/h19-21,24-25H,4-18,22-23,26-27H2,1-3H3. The second kappa shape index (κ2) is 20.0. The third-order valence-electron chi connectivity index (χ3n) is 6.28. The van der Waals surface area contributed by atoms with E-state index >= 15 is 0 Å². The van der Waals surface area contributed by atoms with Crippen LogP contribution >= 0.6 is 0 Å². The SMILES string of the molecule is CCCCCCCCCCCO[Si](CCCCCCCCC)(OCC)c1ccccc1. The van der Waals surface area contributed by atoms with Crippen LogP contribution in [0.25, 0.3) is 0 Å². The summed E-state index contributed by atoms with van der Waals surface area (Å²) in [5.41, 5.74) is 0. The van der Waals surface area contributed by atoms with E-state index < -0.39 is 8.56 Å². The molecule has 0 radical (unpaired) electrons. The summed E-state index contributed by atoms with van der Waals surface area (Å²) in [6, 6.07) is 11.9. The van der Waals surface area contributed by atoms with Gasteiger partial charge in [0.1, 0.15) is 0 Å². The quantitative estimate of drug-likeness (QED) is 0.130. The maximum absolute atomic E-state index is 6.68. The van der Waals surface area contributed by atoms with Gasteiger partial charge in [-0.25, -0.2) is 0 Å². The van der Waals surface area contributed by atoms with Crippen LogP contribution in [-0.4, -0.2) is 21.8 Å². The predicted octanol–water partition coefficient (Wildman–Crippen LogP) is 8.67. The van der Waals surface area contributed by atoms with E-state index in [1.54, 1.807) is 0 Å². The molecule has 31 heavy (non-hydrogen) atoms. The average molecular weight is 449 g/mol. The average Bonchev–Trinajstić information content (AvgIpc) is 2.80. The van der Waals surface area contributed by atoms with E-state index in [9.17, 15) is 0 Å². The van der Waals surface area contributed by atoms with Crippen molar-refractivity contribution in [1.82, 2.24) is 0 Å². The molecule has 0 aliphatic rings. The zero-order valence-electron chi connectivity index (χ0n) is 21.1. The van der Waals surface area contributed by atoms with Crippen molar-refractivity contribution in [2.75, 3.05) is 13.2 Å². The minimum absolute atomic E-state index is 0.745. The third kappa shape index (κ3) is 13.5. The summed E-state index contributed by atoms with van der Waals surface area (Å²) in [5.74, 6) is 0. The first-order valence-corrected chi connectivity index (χ1v) is 15.6. The Hall–Kier alpha value is -0.643. The second-order valence-electron chi connectivity index (χ2n) is 9.10. The number of hydrogen-bond donors (Lipinski definition) is 0. The smallest absolute Gasteiger partial charge is 0.372 e. The van der Waals surface area contributed by atoms with E-state index in [1.165, 1.54) is 108 Å². The van der Waals surface area contributed by atoms with Gasteiger partial charge in [0.2, 0.25) is 0 Å². The number of hydrogen-bond acceptors (Lipinski definition) is 2. The molecule has 0 saturated heterocycles. The van der Waals surface area contributed by atoms with Crippen molar-refractivity contribution in [3.8, 4) is 0 Å². The van der Waals surface area contributed by atoms with Gasteiger partial charge in [0.05, 0.1) is 0 Å². The van der Waals surface area contributed by atoms with Crippen molar-refractivity contribution in [3.63, 3.8) is 0 Å². The molecular formula is C28H52O2Si. The molecule has 180 valence electrons. The summed E-state index contributed by atoms with van der Waals surface area (Å²) in [6.07, 6.45) is 21.5. The number of unbranched alkanes of at least 4 members (excludes halogenated alkanes) is 14. The highest BCUT2D eigenvalue weighted by Gasteiger charge is 2.39. The van der Waals surface area contributed by atoms with Crippen LogP contribution in [0.4, 0.5) is 0 Å². The highest BCUT2D eigenvalue weighted by atomic mass is 28.4. The molecule has 1 aromatic carbocycles.